The van der Waals surface area contributed by atoms with E-state index in [2.05, 4.69) is 9.89 Å². The van der Waals surface area contributed by atoms with Gasteiger partial charge in [-0.25, -0.2) is 9.79 Å². The summed E-state index contributed by atoms with van der Waals surface area (Å²) in [4.78, 5) is 33.5. The number of benzene rings is 1. The Kier molecular flexibility index (Phi) is 6.46. The maximum atomic E-state index is 12.7. The summed E-state index contributed by atoms with van der Waals surface area (Å²) in [5.74, 6) is 0.965. The monoisotopic (exact) mass is 439 g/mol. The van der Waals surface area contributed by atoms with Crippen LogP contribution in [0.1, 0.15) is 42.3 Å². The van der Waals surface area contributed by atoms with Gasteiger partial charge in [-0.1, -0.05) is 6.07 Å². The molecule has 0 atom stereocenters. The first-order valence-corrected chi connectivity index (χ1v) is 11.2. The third-order valence-corrected chi connectivity index (χ3v) is 6.20. The molecule has 0 aliphatic carbocycles. The van der Waals surface area contributed by atoms with Crippen LogP contribution in [0.3, 0.4) is 0 Å². The number of likely N-dealkylation sites (N-methyl/N-ethyl adjacent to an activating group) is 1. The van der Waals surface area contributed by atoms with Crippen molar-refractivity contribution in [2.45, 2.75) is 26.2 Å². The van der Waals surface area contributed by atoms with Gasteiger partial charge < -0.3 is 14.1 Å². The molecule has 0 bridgehead atoms. The highest BCUT2D eigenvalue weighted by Crippen LogP contribution is 2.34. The lowest BCUT2D eigenvalue weighted by Gasteiger charge is -2.25. The van der Waals surface area contributed by atoms with Crippen LogP contribution in [0.5, 0.6) is 0 Å². The third kappa shape index (κ3) is 4.85. The van der Waals surface area contributed by atoms with Gasteiger partial charge >= 0.3 is 5.97 Å². The molecule has 162 valence electrons. The van der Waals surface area contributed by atoms with Gasteiger partial charge in [0.25, 0.3) is 5.91 Å². The molecule has 3 heterocycles. The lowest BCUT2D eigenvalue weighted by molar-refractivity contribution is -0.121. The predicted molar refractivity (Wildman–Crippen MR) is 123 cm³/mol. The van der Waals surface area contributed by atoms with Crippen molar-refractivity contribution in [2.24, 2.45) is 4.99 Å². The molecular formula is C23H25N3O4S. The molecule has 7 nitrogen and oxygen atoms in total. The van der Waals surface area contributed by atoms with Gasteiger partial charge in [-0.15, -0.1) is 0 Å². The van der Waals surface area contributed by atoms with E-state index in [1.165, 1.54) is 35.9 Å². The van der Waals surface area contributed by atoms with E-state index in [4.69, 9.17) is 9.15 Å². The Labute approximate surface area is 185 Å². The molecule has 1 aromatic heterocycles. The lowest BCUT2D eigenvalue weighted by atomic mass is 10.1. The number of nitrogens with zero attached hydrogens (tertiary/aromatic N) is 3. The fourth-order valence-corrected chi connectivity index (χ4v) is 4.48. The quantitative estimate of drug-likeness (QED) is 0.497. The van der Waals surface area contributed by atoms with Gasteiger partial charge in [0.05, 0.1) is 22.8 Å². The van der Waals surface area contributed by atoms with E-state index in [9.17, 15) is 9.59 Å². The number of rotatable bonds is 5. The van der Waals surface area contributed by atoms with Crippen LogP contribution in [0.25, 0.3) is 6.08 Å². The highest BCUT2D eigenvalue weighted by molar-refractivity contribution is 8.18. The number of aliphatic imine (C=N–C) groups is 1. The standard InChI is InChI=1S/C23H25N3O4S/c1-3-29-22(28)16-8-7-9-17(14-16)24-23-25(2)21(27)19(31-23)15-18-10-11-20(30-18)26-12-5-4-6-13-26/h7-11,14-15H,3-6,12-13H2,1-2H3. The van der Waals surface area contributed by atoms with Crippen LogP contribution in [0.15, 0.2) is 50.7 Å². The number of piperidine rings is 1. The number of esters is 1. The van der Waals surface area contributed by atoms with Crippen LogP contribution in [0, 0.1) is 0 Å². The minimum atomic E-state index is -0.393. The average Bonchev–Trinajstić information content (AvgIpc) is 3.36. The molecule has 2 saturated heterocycles. The maximum Gasteiger partial charge on any atom is 0.338 e. The molecule has 0 N–H and O–H groups in total. The summed E-state index contributed by atoms with van der Waals surface area (Å²) < 4.78 is 11.0. The van der Waals surface area contributed by atoms with Gasteiger partial charge in [-0.2, -0.15) is 0 Å². The van der Waals surface area contributed by atoms with Gasteiger partial charge in [-0.05, 0) is 62.2 Å². The number of amides is 1. The molecule has 0 unspecified atom stereocenters. The number of thioether (sulfide) groups is 1. The highest BCUT2D eigenvalue weighted by atomic mass is 32.2. The Bertz CT molecular complexity index is 1040. The SMILES string of the molecule is CCOC(=O)c1cccc(N=C2SC(=Cc3ccc(N4CCCCC4)o3)C(=O)N2C)c1. The average molecular weight is 440 g/mol. The van der Waals surface area contributed by atoms with Crippen molar-refractivity contribution < 1.29 is 18.7 Å². The molecule has 1 aromatic carbocycles. The van der Waals surface area contributed by atoms with E-state index in [-0.39, 0.29) is 5.91 Å². The Morgan fingerprint density at radius 2 is 2.03 bits per heavy atom. The van der Waals surface area contributed by atoms with Crippen molar-refractivity contribution in [2.75, 3.05) is 31.6 Å². The molecule has 1 amide bonds. The second-order valence-electron chi connectivity index (χ2n) is 7.36. The molecule has 2 aliphatic rings. The normalized spacial score (nSPS) is 19.5. The van der Waals surface area contributed by atoms with E-state index >= 15 is 0 Å². The van der Waals surface area contributed by atoms with Crippen LogP contribution in [0.2, 0.25) is 0 Å². The third-order valence-electron chi connectivity index (χ3n) is 5.14. The van der Waals surface area contributed by atoms with Crippen molar-refractivity contribution in [3.05, 3.63) is 52.6 Å². The van der Waals surface area contributed by atoms with Crippen molar-refractivity contribution in [1.29, 1.82) is 0 Å². The molecule has 2 fully saturated rings. The number of carbonyl (C=O) groups excluding carboxylic acids is 2. The first kappa shape index (κ1) is 21.2. The van der Waals surface area contributed by atoms with Crippen molar-refractivity contribution >= 4 is 46.5 Å². The summed E-state index contributed by atoms with van der Waals surface area (Å²) in [7, 11) is 1.69. The lowest BCUT2D eigenvalue weighted by Crippen LogP contribution is -2.28. The molecule has 0 saturated carbocycles. The summed E-state index contributed by atoms with van der Waals surface area (Å²) in [5.41, 5.74) is 1.01. The van der Waals surface area contributed by atoms with E-state index in [1.54, 1.807) is 44.3 Å². The van der Waals surface area contributed by atoms with Crippen molar-refractivity contribution in [1.82, 2.24) is 4.90 Å². The number of furan rings is 1. The summed E-state index contributed by atoms with van der Waals surface area (Å²) in [6.07, 6.45) is 5.37. The molecule has 31 heavy (non-hydrogen) atoms. The Hall–Kier alpha value is -3.00. The van der Waals surface area contributed by atoms with E-state index in [0.29, 0.717) is 33.7 Å². The fraction of sp³-hybridized carbons (Fsp3) is 0.348. The molecule has 0 radical (unpaired) electrons. The predicted octanol–water partition coefficient (Wildman–Crippen LogP) is 4.68. The van der Waals surface area contributed by atoms with Gasteiger partial charge in [0.2, 0.25) is 0 Å². The first-order chi connectivity index (χ1) is 15.0. The zero-order chi connectivity index (χ0) is 21.8. The molecule has 4 rings (SSSR count). The van der Waals surface area contributed by atoms with Crippen LogP contribution in [-0.4, -0.2) is 48.7 Å². The van der Waals surface area contributed by atoms with Crippen LogP contribution < -0.4 is 4.90 Å². The summed E-state index contributed by atoms with van der Waals surface area (Å²) >= 11 is 1.28. The van der Waals surface area contributed by atoms with Crippen LogP contribution in [0.4, 0.5) is 11.6 Å². The van der Waals surface area contributed by atoms with Crippen molar-refractivity contribution in [3.8, 4) is 0 Å². The Morgan fingerprint density at radius 3 is 2.81 bits per heavy atom. The number of amidine groups is 1. The molecular weight excluding hydrogens is 414 g/mol. The van der Waals surface area contributed by atoms with E-state index in [1.807, 2.05) is 12.1 Å². The van der Waals surface area contributed by atoms with Crippen molar-refractivity contribution in [3.63, 3.8) is 0 Å². The smallest absolute Gasteiger partial charge is 0.338 e. The first-order valence-electron chi connectivity index (χ1n) is 10.4. The Morgan fingerprint density at radius 1 is 1.23 bits per heavy atom. The number of anilines is 1. The van der Waals surface area contributed by atoms with Crippen LogP contribution >= 0.6 is 11.8 Å². The highest BCUT2D eigenvalue weighted by Gasteiger charge is 2.31. The topological polar surface area (TPSA) is 75.3 Å². The van der Waals surface area contributed by atoms with Gasteiger partial charge in [0.15, 0.2) is 11.1 Å². The summed E-state index contributed by atoms with van der Waals surface area (Å²) in [6.45, 7) is 4.08. The molecule has 2 aromatic rings. The van der Waals surface area contributed by atoms with Crippen LogP contribution in [-0.2, 0) is 9.53 Å². The summed E-state index contributed by atoms with van der Waals surface area (Å²) in [5, 5.41) is 0.542. The van der Waals surface area contributed by atoms with Gasteiger partial charge in [-0.3, -0.25) is 9.69 Å². The molecule has 2 aliphatic heterocycles. The fourth-order valence-electron chi connectivity index (χ4n) is 3.51. The number of hydrogen-bond acceptors (Lipinski definition) is 7. The maximum absolute atomic E-state index is 12.7. The minimum Gasteiger partial charge on any atom is -0.462 e. The minimum absolute atomic E-state index is 0.138. The molecule has 0 spiro atoms. The number of carbonyl (C=O) groups is 2. The van der Waals surface area contributed by atoms with Gasteiger partial charge in [0, 0.05) is 32.3 Å². The zero-order valence-corrected chi connectivity index (χ0v) is 18.5. The van der Waals surface area contributed by atoms with E-state index < -0.39 is 5.97 Å². The summed E-state index contributed by atoms with van der Waals surface area (Å²) in [6, 6.07) is 10.7. The van der Waals surface area contributed by atoms with Gasteiger partial charge in [0.1, 0.15) is 5.76 Å². The number of ether oxygens (including phenoxy) is 1. The second kappa shape index (κ2) is 9.43. The largest absolute Gasteiger partial charge is 0.462 e. The Balaban J connectivity index is 1.52. The molecule has 8 heteroatoms. The zero-order valence-electron chi connectivity index (χ0n) is 17.7. The van der Waals surface area contributed by atoms with E-state index in [0.717, 1.165) is 19.0 Å². The second-order valence-corrected chi connectivity index (χ2v) is 8.37. The number of hydrogen-bond donors (Lipinski definition) is 0.